The van der Waals surface area contributed by atoms with E-state index in [1.807, 2.05) is 36.5 Å². The number of amides is 2. The molecule has 0 atom stereocenters. The number of nitrogens with zero attached hydrogens (tertiary/aromatic N) is 2. The van der Waals surface area contributed by atoms with E-state index in [0.717, 1.165) is 33.6 Å². The van der Waals surface area contributed by atoms with Crippen molar-refractivity contribution in [3.8, 4) is 16.9 Å². The first-order valence-electron chi connectivity index (χ1n) is 8.27. The van der Waals surface area contributed by atoms with Crippen LogP contribution in [0.5, 0.6) is 5.75 Å². The van der Waals surface area contributed by atoms with E-state index in [1.54, 1.807) is 31.8 Å². The number of urea groups is 1. The average molecular weight is 359 g/mol. The molecule has 0 fully saturated rings. The number of H-pyrrole nitrogens is 1. The molecule has 1 aliphatic rings. The molecule has 0 radical (unpaired) electrons. The van der Waals surface area contributed by atoms with Crippen LogP contribution in [0.15, 0.2) is 53.9 Å². The molecule has 4 rings (SSSR count). The third-order valence-electron chi connectivity index (χ3n) is 4.22. The zero-order valence-corrected chi connectivity index (χ0v) is 14.6. The van der Waals surface area contributed by atoms with Gasteiger partial charge < -0.3 is 20.8 Å². The van der Waals surface area contributed by atoms with E-state index in [9.17, 15) is 4.79 Å². The molecule has 0 saturated heterocycles. The lowest BCUT2D eigenvalue weighted by Gasteiger charge is -2.05. The number of nitrogens with one attached hydrogen (secondary N) is 2. The summed E-state index contributed by atoms with van der Waals surface area (Å²) in [7, 11) is 1.62. The van der Waals surface area contributed by atoms with Crippen LogP contribution in [0.4, 0.5) is 16.2 Å². The molecule has 3 aromatic rings. The molecule has 1 aliphatic heterocycles. The van der Waals surface area contributed by atoms with Gasteiger partial charge in [-0.3, -0.25) is 9.98 Å². The second-order valence-electron chi connectivity index (χ2n) is 6.04. The predicted molar refractivity (Wildman–Crippen MR) is 106 cm³/mol. The molecule has 27 heavy (non-hydrogen) atoms. The van der Waals surface area contributed by atoms with Crippen molar-refractivity contribution < 1.29 is 9.53 Å². The number of hydrogen-bond acceptors (Lipinski definition) is 4. The van der Waals surface area contributed by atoms with Crippen LogP contribution >= 0.6 is 0 Å². The number of nitrogens with two attached hydrogens (primary N) is 1. The fraction of sp³-hybridized carbons (Fsp3) is 0.0500. The van der Waals surface area contributed by atoms with E-state index in [2.05, 4.69) is 20.3 Å². The molecule has 4 N–H and O–H groups in total. The van der Waals surface area contributed by atoms with E-state index in [1.165, 1.54) is 0 Å². The number of aliphatic imine (C=N–C) groups is 1. The van der Waals surface area contributed by atoms with Crippen LogP contribution in [0.3, 0.4) is 0 Å². The Balaban J connectivity index is 1.64. The number of hydrogen-bond donors (Lipinski definition) is 3. The highest BCUT2D eigenvalue weighted by Crippen LogP contribution is 2.35. The summed E-state index contributed by atoms with van der Waals surface area (Å²) >= 11 is 0. The lowest BCUT2D eigenvalue weighted by Crippen LogP contribution is -2.19. The molecular formula is C20H17N5O2. The van der Waals surface area contributed by atoms with Crippen molar-refractivity contribution in [1.29, 1.82) is 0 Å². The number of aromatic amines is 1. The number of ether oxygens (including phenoxy) is 1. The number of methoxy groups -OCH3 is 1. The second-order valence-corrected chi connectivity index (χ2v) is 6.04. The van der Waals surface area contributed by atoms with Crippen LogP contribution in [0.25, 0.3) is 22.8 Å². The number of fused-ring (bicyclic) bond motifs is 1. The van der Waals surface area contributed by atoms with Gasteiger partial charge in [0.15, 0.2) is 0 Å². The Kier molecular flexibility index (Phi) is 4.18. The van der Waals surface area contributed by atoms with Crippen LogP contribution in [0, 0.1) is 0 Å². The standard InChI is InChI=1S/C20H17N5O2/c1-27-17-6-13(8-22-11-17)12-4-16(23-9-12)5-14-10-24-19-3-2-15(7-18(14)19)25-20(21)26/h2-11,23H,1H3,(H3,21,25,26). The summed E-state index contributed by atoms with van der Waals surface area (Å²) in [6.45, 7) is 0. The Labute approximate surface area is 155 Å². The minimum atomic E-state index is -0.597. The molecule has 7 heteroatoms. The quantitative estimate of drug-likeness (QED) is 0.659. The van der Waals surface area contributed by atoms with Crippen LogP contribution in [-0.4, -0.2) is 29.3 Å². The molecule has 3 heterocycles. The summed E-state index contributed by atoms with van der Waals surface area (Å²) in [6.07, 6.45) is 9.17. The Bertz CT molecular complexity index is 1080. The molecule has 0 unspecified atom stereocenters. The van der Waals surface area contributed by atoms with Gasteiger partial charge in [-0.2, -0.15) is 0 Å². The van der Waals surface area contributed by atoms with Gasteiger partial charge in [-0.25, -0.2) is 4.79 Å². The summed E-state index contributed by atoms with van der Waals surface area (Å²) in [5.41, 5.74) is 11.4. The van der Waals surface area contributed by atoms with E-state index < -0.39 is 6.03 Å². The third kappa shape index (κ3) is 3.43. The summed E-state index contributed by atoms with van der Waals surface area (Å²) < 4.78 is 5.23. The van der Waals surface area contributed by atoms with Gasteiger partial charge in [-0.15, -0.1) is 0 Å². The van der Waals surface area contributed by atoms with Gasteiger partial charge >= 0.3 is 6.03 Å². The second kappa shape index (κ2) is 6.80. The van der Waals surface area contributed by atoms with E-state index in [4.69, 9.17) is 10.5 Å². The number of benzene rings is 1. The molecule has 2 amide bonds. The molecular weight excluding hydrogens is 342 g/mol. The molecule has 0 bridgehead atoms. The zero-order valence-electron chi connectivity index (χ0n) is 14.6. The molecule has 2 aromatic heterocycles. The number of rotatable bonds is 4. The molecule has 7 nitrogen and oxygen atoms in total. The van der Waals surface area contributed by atoms with Gasteiger partial charge in [0.1, 0.15) is 5.75 Å². The Hall–Kier alpha value is -3.87. The number of pyridine rings is 1. The van der Waals surface area contributed by atoms with Crippen molar-refractivity contribution >= 4 is 35.3 Å². The zero-order chi connectivity index (χ0) is 18.8. The van der Waals surface area contributed by atoms with E-state index in [-0.39, 0.29) is 0 Å². The van der Waals surface area contributed by atoms with Gasteiger partial charge in [-0.1, -0.05) is 0 Å². The van der Waals surface area contributed by atoms with Crippen LogP contribution in [0.1, 0.15) is 11.3 Å². The number of anilines is 1. The largest absolute Gasteiger partial charge is 0.495 e. The van der Waals surface area contributed by atoms with Crippen LogP contribution in [-0.2, 0) is 0 Å². The number of carbonyl (C=O) groups is 1. The lowest BCUT2D eigenvalue weighted by molar-refractivity contribution is 0.259. The SMILES string of the molecule is COc1cncc(-c2c[nH]c(C=C3C=Nc4ccc(NC(N)=O)cc43)c2)c1. The fourth-order valence-corrected chi connectivity index (χ4v) is 2.94. The molecule has 0 aliphatic carbocycles. The van der Waals surface area contributed by atoms with Crippen molar-refractivity contribution in [3.05, 3.63) is 60.2 Å². The summed E-state index contributed by atoms with van der Waals surface area (Å²) in [5.74, 6) is 0.708. The minimum Gasteiger partial charge on any atom is -0.495 e. The summed E-state index contributed by atoms with van der Waals surface area (Å²) in [6, 6.07) is 8.84. The normalized spacial score (nSPS) is 13.6. The number of carbonyl (C=O) groups excluding carboxylic acids is 1. The van der Waals surface area contributed by atoms with Gasteiger partial charge in [0.25, 0.3) is 0 Å². The van der Waals surface area contributed by atoms with E-state index >= 15 is 0 Å². The average Bonchev–Trinajstić information content (AvgIpc) is 3.29. The number of allylic oxidation sites excluding steroid dienone is 1. The maximum Gasteiger partial charge on any atom is 0.316 e. The monoisotopic (exact) mass is 359 g/mol. The number of primary amides is 1. The van der Waals surface area contributed by atoms with Crippen LogP contribution < -0.4 is 15.8 Å². The van der Waals surface area contributed by atoms with Crippen molar-refractivity contribution in [3.63, 3.8) is 0 Å². The van der Waals surface area contributed by atoms with Crippen LogP contribution in [0.2, 0.25) is 0 Å². The molecule has 0 spiro atoms. The molecule has 1 aromatic carbocycles. The highest BCUT2D eigenvalue weighted by atomic mass is 16.5. The van der Waals surface area contributed by atoms with Crippen molar-refractivity contribution in [1.82, 2.24) is 9.97 Å². The highest BCUT2D eigenvalue weighted by molar-refractivity contribution is 6.21. The first-order valence-corrected chi connectivity index (χ1v) is 8.27. The Morgan fingerprint density at radius 2 is 2.11 bits per heavy atom. The van der Waals surface area contributed by atoms with Crippen molar-refractivity contribution in [2.75, 3.05) is 12.4 Å². The predicted octanol–water partition coefficient (Wildman–Crippen LogP) is 3.83. The van der Waals surface area contributed by atoms with Gasteiger partial charge in [-0.05, 0) is 36.4 Å². The minimum absolute atomic E-state index is 0.597. The Morgan fingerprint density at radius 1 is 1.22 bits per heavy atom. The van der Waals surface area contributed by atoms with Crippen molar-refractivity contribution in [2.24, 2.45) is 10.7 Å². The lowest BCUT2D eigenvalue weighted by atomic mass is 10.0. The highest BCUT2D eigenvalue weighted by Gasteiger charge is 2.14. The first kappa shape index (κ1) is 16.6. The summed E-state index contributed by atoms with van der Waals surface area (Å²) in [5, 5.41) is 2.58. The van der Waals surface area contributed by atoms with Crippen molar-refractivity contribution in [2.45, 2.75) is 0 Å². The van der Waals surface area contributed by atoms with E-state index in [0.29, 0.717) is 11.4 Å². The smallest absolute Gasteiger partial charge is 0.316 e. The molecule has 0 saturated carbocycles. The topological polar surface area (TPSA) is 105 Å². The maximum absolute atomic E-state index is 11.1. The van der Waals surface area contributed by atoms with Gasteiger partial charge in [0.05, 0.1) is 19.0 Å². The fourth-order valence-electron chi connectivity index (χ4n) is 2.94. The molecule has 134 valence electrons. The first-order chi connectivity index (χ1) is 13.1. The van der Waals surface area contributed by atoms with Gasteiger partial charge in [0.2, 0.25) is 0 Å². The number of aromatic nitrogens is 2. The summed E-state index contributed by atoms with van der Waals surface area (Å²) in [4.78, 5) is 22.9. The Morgan fingerprint density at radius 3 is 2.93 bits per heavy atom. The van der Waals surface area contributed by atoms with Gasteiger partial charge in [0, 0.05) is 52.3 Å². The third-order valence-corrected chi connectivity index (χ3v) is 4.22. The maximum atomic E-state index is 11.1.